The molecule has 1 fully saturated rings. The Kier molecular flexibility index (Phi) is 3.99. The van der Waals surface area contributed by atoms with Gasteiger partial charge in [0.15, 0.2) is 23.3 Å². The Bertz CT molecular complexity index is 423. The van der Waals surface area contributed by atoms with E-state index in [2.05, 4.69) is 17.2 Å². The van der Waals surface area contributed by atoms with Crippen LogP contribution in [0.1, 0.15) is 33.1 Å². The first-order valence-corrected chi connectivity index (χ1v) is 6.50. The van der Waals surface area contributed by atoms with Crippen LogP contribution < -0.4 is 10.2 Å². The van der Waals surface area contributed by atoms with Crippen molar-refractivity contribution in [1.82, 2.24) is 4.98 Å². The fourth-order valence-corrected chi connectivity index (χ4v) is 2.36. The molecule has 0 bridgehead atoms. The predicted octanol–water partition coefficient (Wildman–Crippen LogP) is 3.17. The van der Waals surface area contributed by atoms with Crippen LogP contribution in [0.4, 0.5) is 20.4 Å². The number of halogens is 2. The Morgan fingerprint density at radius 3 is 2.83 bits per heavy atom. The van der Waals surface area contributed by atoms with E-state index in [0.29, 0.717) is 6.54 Å². The largest absolute Gasteiger partial charge is 0.368 e. The van der Waals surface area contributed by atoms with E-state index in [4.69, 9.17) is 0 Å². The molecule has 18 heavy (non-hydrogen) atoms. The Morgan fingerprint density at radius 2 is 2.17 bits per heavy atom. The van der Waals surface area contributed by atoms with Crippen molar-refractivity contribution in [3.63, 3.8) is 0 Å². The van der Waals surface area contributed by atoms with Gasteiger partial charge in [0.2, 0.25) is 0 Å². The van der Waals surface area contributed by atoms with E-state index in [1.54, 1.807) is 0 Å². The van der Waals surface area contributed by atoms with Gasteiger partial charge in [0.05, 0.1) is 0 Å². The van der Waals surface area contributed by atoms with E-state index < -0.39 is 11.6 Å². The minimum absolute atomic E-state index is 0.131. The monoisotopic (exact) mass is 255 g/mol. The molecule has 2 rings (SSSR count). The van der Waals surface area contributed by atoms with Gasteiger partial charge in [-0.3, -0.25) is 0 Å². The van der Waals surface area contributed by atoms with Crippen molar-refractivity contribution < 1.29 is 8.78 Å². The summed E-state index contributed by atoms with van der Waals surface area (Å²) in [5.41, 5.74) is 0. The topological polar surface area (TPSA) is 28.2 Å². The van der Waals surface area contributed by atoms with E-state index >= 15 is 0 Å². The highest BCUT2D eigenvalue weighted by molar-refractivity contribution is 5.50. The molecule has 1 aromatic rings. The maximum atomic E-state index is 13.9. The van der Waals surface area contributed by atoms with Crippen molar-refractivity contribution >= 4 is 11.6 Å². The van der Waals surface area contributed by atoms with Gasteiger partial charge >= 0.3 is 0 Å². The molecular weight excluding hydrogens is 236 g/mol. The van der Waals surface area contributed by atoms with Gasteiger partial charge in [-0.05, 0) is 33.1 Å². The maximum absolute atomic E-state index is 13.9. The van der Waals surface area contributed by atoms with Crippen molar-refractivity contribution in [3.8, 4) is 0 Å². The average Bonchev–Trinajstić information content (AvgIpc) is 2.34. The van der Waals surface area contributed by atoms with Gasteiger partial charge in [-0.1, -0.05) is 0 Å². The molecule has 3 nitrogen and oxygen atoms in total. The third-order valence-corrected chi connectivity index (χ3v) is 3.33. The van der Waals surface area contributed by atoms with Gasteiger partial charge in [-0.15, -0.1) is 0 Å². The molecule has 1 saturated heterocycles. The third kappa shape index (κ3) is 2.54. The molecule has 1 aliphatic heterocycles. The average molecular weight is 255 g/mol. The molecule has 100 valence electrons. The van der Waals surface area contributed by atoms with Crippen LogP contribution in [0.25, 0.3) is 0 Å². The van der Waals surface area contributed by atoms with Crippen LogP contribution in [0.5, 0.6) is 0 Å². The van der Waals surface area contributed by atoms with Gasteiger partial charge < -0.3 is 10.2 Å². The smallest absolute Gasteiger partial charge is 0.168 e. The second-order valence-corrected chi connectivity index (χ2v) is 4.69. The summed E-state index contributed by atoms with van der Waals surface area (Å²) < 4.78 is 27.4. The van der Waals surface area contributed by atoms with E-state index in [-0.39, 0.29) is 17.7 Å². The Balaban J connectivity index is 2.33. The summed E-state index contributed by atoms with van der Waals surface area (Å²) in [7, 11) is 0. The predicted molar refractivity (Wildman–Crippen MR) is 69.0 cm³/mol. The molecule has 0 radical (unpaired) electrons. The Morgan fingerprint density at radius 1 is 1.39 bits per heavy atom. The van der Waals surface area contributed by atoms with Gasteiger partial charge in [0.1, 0.15) is 0 Å². The first-order chi connectivity index (χ1) is 8.63. The molecule has 0 spiro atoms. The molecular formula is C13H19F2N3. The summed E-state index contributed by atoms with van der Waals surface area (Å²) in [6.45, 7) is 5.25. The lowest BCUT2D eigenvalue weighted by atomic mass is 10.0. The normalized spacial score (nSPS) is 20.0. The number of nitrogens with zero attached hydrogens (tertiary/aromatic N) is 2. The highest BCUT2D eigenvalue weighted by Crippen LogP contribution is 2.27. The van der Waals surface area contributed by atoms with Crippen molar-refractivity contribution in [3.05, 3.63) is 17.7 Å². The summed E-state index contributed by atoms with van der Waals surface area (Å²) in [5, 5.41) is 2.82. The Labute approximate surface area is 106 Å². The summed E-state index contributed by atoms with van der Waals surface area (Å²) >= 11 is 0. The zero-order valence-electron chi connectivity index (χ0n) is 10.8. The van der Waals surface area contributed by atoms with Gasteiger partial charge in [-0.2, -0.15) is 0 Å². The van der Waals surface area contributed by atoms with E-state index in [1.165, 1.54) is 0 Å². The number of aromatic nitrogens is 1. The number of hydrogen-bond acceptors (Lipinski definition) is 3. The van der Waals surface area contributed by atoms with Crippen molar-refractivity contribution in [2.24, 2.45) is 0 Å². The second kappa shape index (κ2) is 5.50. The van der Waals surface area contributed by atoms with Crippen LogP contribution in [0.3, 0.4) is 0 Å². The van der Waals surface area contributed by atoms with Gasteiger partial charge in [0.25, 0.3) is 0 Å². The fraction of sp³-hybridized carbons (Fsp3) is 0.615. The quantitative estimate of drug-likeness (QED) is 0.899. The molecule has 0 aromatic carbocycles. The standard InChI is InChI=1S/C13H19F2N3/c1-3-16-12-10(14)8-11(15)13(17-12)18-7-5-4-6-9(18)2/h8-9H,3-7H2,1-2H3,(H,16,17). The molecule has 1 atom stereocenters. The van der Waals surface area contributed by atoms with Crippen LogP contribution in [0.2, 0.25) is 0 Å². The zero-order valence-corrected chi connectivity index (χ0v) is 10.8. The lowest BCUT2D eigenvalue weighted by molar-refractivity contribution is 0.468. The van der Waals surface area contributed by atoms with Gasteiger partial charge in [-0.25, -0.2) is 13.8 Å². The molecule has 1 N–H and O–H groups in total. The summed E-state index contributed by atoms with van der Waals surface area (Å²) in [6.07, 6.45) is 3.20. The lowest BCUT2D eigenvalue weighted by Gasteiger charge is -2.34. The van der Waals surface area contributed by atoms with Crippen molar-refractivity contribution in [1.29, 1.82) is 0 Å². The number of piperidine rings is 1. The molecule has 0 saturated carbocycles. The highest BCUT2D eigenvalue weighted by Gasteiger charge is 2.24. The minimum atomic E-state index is -0.636. The van der Waals surface area contributed by atoms with E-state index in [1.807, 2.05) is 11.8 Å². The summed E-state index contributed by atoms with van der Waals surface area (Å²) in [6, 6.07) is 1.17. The molecule has 2 heterocycles. The van der Waals surface area contributed by atoms with Crippen LogP contribution >= 0.6 is 0 Å². The number of hydrogen-bond donors (Lipinski definition) is 1. The number of rotatable bonds is 3. The van der Waals surface area contributed by atoms with Crippen LogP contribution in [-0.2, 0) is 0 Å². The molecule has 1 aromatic heterocycles. The molecule has 0 amide bonds. The molecule has 1 unspecified atom stereocenters. The van der Waals surface area contributed by atoms with Crippen LogP contribution in [-0.4, -0.2) is 24.1 Å². The molecule has 1 aliphatic rings. The third-order valence-electron chi connectivity index (χ3n) is 3.33. The van der Waals surface area contributed by atoms with Crippen molar-refractivity contribution in [2.45, 2.75) is 39.2 Å². The van der Waals surface area contributed by atoms with Crippen LogP contribution in [0, 0.1) is 11.6 Å². The number of nitrogens with one attached hydrogen (secondary N) is 1. The van der Waals surface area contributed by atoms with Crippen LogP contribution in [0.15, 0.2) is 6.07 Å². The second-order valence-electron chi connectivity index (χ2n) is 4.69. The minimum Gasteiger partial charge on any atom is -0.368 e. The van der Waals surface area contributed by atoms with E-state index in [0.717, 1.165) is 31.9 Å². The van der Waals surface area contributed by atoms with E-state index in [9.17, 15) is 8.78 Å². The zero-order chi connectivity index (χ0) is 13.1. The highest BCUT2D eigenvalue weighted by atomic mass is 19.1. The van der Waals surface area contributed by atoms with Gasteiger partial charge in [0, 0.05) is 25.2 Å². The summed E-state index contributed by atoms with van der Waals surface area (Å²) in [4.78, 5) is 6.03. The SMILES string of the molecule is CCNc1nc(N2CCCCC2C)c(F)cc1F. The van der Waals surface area contributed by atoms with Crippen molar-refractivity contribution in [2.75, 3.05) is 23.3 Å². The number of pyridine rings is 1. The molecule has 0 aliphatic carbocycles. The summed E-state index contributed by atoms with van der Waals surface area (Å²) in [5.74, 6) is -0.822. The maximum Gasteiger partial charge on any atom is 0.168 e. The first kappa shape index (κ1) is 13.1. The fourth-order valence-electron chi connectivity index (χ4n) is 2.36. The first-order valence-electron chi connectivity index (χ1n) is 6.50. The molecule has 5 heteroatoms. The Hall–Kier alpha value is -1.39. The lowest BCUT2D eigenvalue weighted by Crippen LogP contribution is -2.38. The number of anilines is 2.